The lowest BCUT2D eigenvalue weighted by molar-refractivity contribution is 0.707. The summed E-state index contributed by atoms with van der Waals surface area (Å²) in [4.78, 5) is 8.24. The molecule has 2 aromatic rings. The van der Waals surface area contributed by atoms with Gasteiger partial charge in [0.05, 0.1) is 0 Å². The molecule has 0 bridgehead atoms. The van der Waals surface area contributed by atoms with Gasteiger partial charge in [-0.2, -0.15) is 15.1 Å². The number of hydrogen-bond donors (Lipinski definition) is 0. The summed E-state index contributed by atoms with van der Waals surface area (Å²) in [6, 6.07) is 0. The molecular formula is C10H11ClN4. The molecule has 2 heterocycles. The van der Waals surface area contributed by atoms with Gasteiger partial charge < -0.3 is 0 Å². The monoisotopic (exact) mass is 222 g/mol. The van der Waals surface area contributed by atoms with E-state index in [1.54, 1.807) is 4.52 Å². The second kappa shape index (κ2) is 3.45. The number of halogens is 1. The molecule has 0 aliphatic heterocycles. The normalized spacial score (nSPS) is 17.7. The fraction of sp³-hybridized carbons (Fsp3) is 0.500. The molecule has 0 spiro atoms. The van der Waals surface area contributed by atoms with E-state index in [4.69, 9.17) is 11.6 Å². The van der Waals surface area contributed by atoms with Gasteiger partial charge in [-0.1, -0.05) is 24.4 Å². The van der Waals surface area contributed by atoms with Crippen molar-refractivity contribution in [2.45, 2.75) is 31.6 Å². The Balaban J connectivity index is 2.11. The van der Waals surface area contributed by atoms with Crippen molar-refractivity contribution in [2.75, 3.05) is 0 Å². The minimum absolute atomic E-state index is 0.554. The quantitative estimate of drug-likeness (QED) is 0.696. The zero-order chi connectivity index (χ0) is 10.3. The van der Waals surface area contributed by atoms with Gasteiger partial charge in [0.1, 0.15) is 11.5 Å². The van der Waals surface area contributed by atoms with Gasteiger partial charge in [0.15, 0.2) is 0 Å². The molecule has 3 rings (SSSR count). The van der Waals surface area contributed by atoms with Crippen LogP contribution in [0.4, 0.5) is 0 Å². The topological polar surface area (TPSA) is 43.1 Å². The predicted molar refractivity (Wildman–Crippen MR) is 57.0 cm³/mol. The average Bonchev–Trinajstić information content (AvgIpc) is 2.85. The van der Waals surface area contributed by atoms with Crippen molar-refractivity contribution in [1.29, 1.82) is 0 Å². The minimum Gasteiger partial charge on any atom is -0.204 e. The molecule has 1 fully saturated rings. The molecule has 4 nitrogen and oxygen atoms in total. The lowest BCUT2D eigenvalue weighted by Crippen LogP contribution is -2.00. The third-order valence-electron chi connectivity index (χ3n) is 3.05. The summed E-state index contributed by atoms with van der Waals surface area (Å²) in [5, 5.41) is 4.66. The highest BCUT2D eigenvalue weighted by atomic mass is 35.5. The van der Waals surface area contributed by atoms with Crippen molar-refractivity contribution < 1.29 is 0 Å². The summed E-state index contributed by atoms with van der Waals surface area (Å²) in [6.45, 7) is 0. The van der Waals surface area contributed by atoms with Crippen LogP contribution in [0.2, 0.25) is 5.15 Å². The Morgan fingerprint density at radius 3 is 2.93 bits per heavy atom. The Morgan fingerprint density at radius 2 is 2.13 bits per heavy atom. The first-order chi connectivity index (χ1) is 7.34. The number of nitrogens with zero attached hydrogens (tertiary/aromatic N) is 4. The highest BCUT2D eigenvalue weighted by Gasteiger charge is 2.21. The van der Waals surface area contributed by atoms with Crippen LogP contribution in [0, 0.1) is 0 Å². The summed E-state index contributed by atoms with van der Waals surface area (Å²) in [7, 11) is 0. The zero-order valence-corrected chi connectivity index (χ0v) is 8.98. The van der Waals surface area contributed by atoms with E-state index < -0.39 is 0 Å². The molecule has 1 aliphatic carbocycles. The van der Waals surface area contributed by atoms with Crippen molar-refractivity contribution in [3.05, 3.63) is 23.2 Å². The molecule has 2 aromatic heterocycles. The molecule has 0 atom stereocenters. The second-order valence-electron chi connectivity index (χ2n) is 3.97. The van der Waals surface area contributed by atoms with Gasteiger partial charge in [-0.05, 0) is 18.8 Å². The van der Waals surface area contributed by atoms with E-state index in [1.807, 2.05) is 6.20 Å². The van der Waals surface area contributed by atoms with E-state index in [-0.39, 0.29) is 0 Å². The summed E-state index contributed by atoms with van der Waals surface area (Å²) in [5.41, 5.74) is 1.12. The zero-order valence-electron chi connectivity index (χ0n) is 8.23. The minimum atomic E-state index is 0.554. The smallest absolute Gasteiger partial charge is 0.204 e. The summed E-state index contributed by atoms with van der Waals surface area (Å²) in [5.74, 6) is 1.13. The lowest BCUT2D eigenvalue weighted by Gasteiger charge is -2.10. The van der Waals surface area contributed by atoms with E-state index >= 15 is 0 Å². The van der Waals surface area contributed by atoms with E-state index in [1.165, 1.54) is 32.0 Å². The lowest BCUT2D eigenvalue weighted by atomic mass is 10.0. The summed E-state index contributed by atoms with van der Waals surface area (Å²) in [6.07, 6.45) is 8.46. The maximum atomic E-state index is 6.15. The fourth-order valence-electron chi connectivity index (χ4n) is 2.26. The van der Waals surface area contributed by atoms with Gasteiger partial charge in [-0.3, -0.25) is 0 Å². The fourth-order valence-corrected chi connectivity index (χ4v) is 2.54. The SMILES string of the molecule is Clc1nc2ncnn2cc1C1CCCC1. The molecule has 78 valence electrons. The van der Waals surface area contributed by atoms with Crippen molar-refractivity contribution in [3.63, 3.8) is 0 Å². The van der Waals surface area contributed by atoms with E-state index in [9.17, 15) is 0 Å². The van der Waals surface area contributed by atoms with E-state index in [0.29, 0.717) is 16.8 Å². The summed E-state index contributed by atoms with van der Waals surface area (Å²) < 4.78 is 1.69. The van der Waals surface area contributed by atoms with Gasteiger partial charge in [0, 0.05) is 11.8 Å². The largest absolute Gasteiger partial charge is 0.253 e. The van der Waals surface area contributed by atoms with Crippen molar-refractivity contribution >= 4 is 17.4 Å². The first-order valence-electron chi connectivity index (χ1n) is 5.20. The number of hydrogen-bond acceptors (Lipinski definition) is 3. The van der Waals surface area contributed by atoms with Crippen LogP contribution in [0.5, 0.6) is 0 Å². The maximum Gasteiger partial charge on any atom is 0.253 e. The molecule has 5 heteroatoms. The molecule has 0 N–H and O–H groups in total. The Hall–Kier alpha value is -1.16. The second-order valence-corrected chi connectivity index (χ2v) is 4.33. The average molecular weight is 223 g/mol. The Morgan fingerprint density at radius 1 is 1.33 bits per heavy atom. The molecule has 15 heavy (non-hydrogen) atoms. The van der Waals surface area contributed by atoms with Crippen LogP contribution >= 0.6 is 11.6 Å². The van der Waals surface area contributed by atoms with Crippen molar-refractivity contribution in [1.82, 2.24) is 19.6 Å². The van der Waals surface area contributed by atoms with E-state index in [0.717, 1.165) is 5.56 Å². The van der Waals surface area contributed by atoms with Crippen LogP contribution in [0.3, 0.4) is 0 Å². The molecule has 0 radical (unpaired) electrons. The first kappa shape index (κ1) is 9.09. The maximum absolute atomic E-state index is 6.15. The van der Waals surface area contributed by atoms with E-state index in [2.05, 4.69) is 15.1 Å². The van der Waals surface area contributed by atoms with Crippen LogP contribution in [0.15, 0.2) is 12.5 Å². The van der Waals surface area contributed by atoms with Gasteiger partial charge >= 0.3 is 0 Å². The predicted octanol–water partition coefficient (Wildman–Crippen LogP) is 2.44. The van der Waals surface area contributed by atoms with Gasteiger partial charge in [-0.25, -0.2) is 4.52 Å². The Bertz CT molecular complexity index is 487. The van der Waals surface area contributed by atoms with Crippen LogP contribution in [-0.2, 0) is 0 Å². The van der Waals surface area contributed by atoms with Crippen LogP contribution in [0.1, 0.15) is 37.2 Å². The first-order valence-corrected chi connectivity index (χ1v) is 5.58. The summed E-state index contributed by atoms with van der Waals surface area (Å²) >= 11 is 6.15. The van der Waals surface area contributed by atoms with Gasteiger partial charge in [0.25, 0.3) is 5.78 Å². The Kier molecular flexibility index (Phi) is 2.09. The number of fused-ring (bicyclic) bond motifs is 1. The Labute approximate surface area is 92.3 Å². The van der Waals surface area contributed by atoms with Crippen molar-refractivity contribution in [3.8, 4) is 0 Å². The number of rotatable bonds is 1. The third kappa shape index (κ3) is 1.49. The van der Waals surface area contributed by atoms with Crippen molar-refractivity contribution in [2.24, 2.45) is 0 Å². The van der Waals surface area contributed by atoms with Crippen LogP contribution < -0.4 is 0 Å². The molecule has 1 saturated carbocycles. The molecule has 0 aromatic carbocycles. The molecule has 0 saturated heterocycles. The standard InChI is InChI=1S/C10H11ClN4/c11-9-8(7-3-1-2-4-7)5-15-10(14-9)12-6-13-15/h5-7H,1-4H2. The molecular weight excluding hydrogens is 212 g/mol. The highest BCUT2D eigenvalue weighted by Crippen LogP contribution is 2.36. The number of aromatic nitrogens is 4. The third-order valence-corrected chi connectivity index (χ3v) is 3.35. The highest BCUT2D eigenvalue weighted by molar-refractivity contribution is 6.30. The van der Waals surface area contributed by atoms with Crippen LogP contribution in [0.25, 0.3) is 5.78 Å². The van der Waals surface area contributed by atoms with Gasteiger partial charge in [-0.15, -0.1) is 0 Å². The molecule has 0 unspecified atom stereocenters. The van der Waals surface area contributed by atoms with Crippen LogP contribution in [-0.4, -0.2) is 19.6 Å². The van der Waals surface area contributed by atoms with Gasteiger partial charge in [0.2, 0.25) is 0 Å². The molecule has 1 aliphatic rings. The molecule has 0 amide bonds.